The molecule has 0 radical (unpaired) electrons. The summed E-state index contributed by atoms with van der Waals surface area (Å²) in [4.78, 5) is 25.2. The minimum atomic E-state index is 0.0192. The van der Waals surface area contributed by atoms with Crippen LogP contribution >= 0.6 is 0 Å². The summed E-state index contributed by atoms with van der Waals surface area (Å²) < 4.78 is 5.50. The summed E-state index contributed by atoms with van der Waals surface area (Å²) in [5.74, 6) is 0.0192. The molecule has 1 unspecified atom stereocenters. The molecule has 7 nitrogen and oxygen atoms in total. The highest BCUT2D eigenvalue weighted by molar-refractivity contribution is 6.07. The molecule has 2 aromatic heterocycles. The van der Waals surface area contributed by atoms with E-state index in [1.165, 1.54) is 6.42 Å². The molecule has 1 atom stereocenters. The van der Waals surface area contributed by atoms with Crippen LogP contribution < -0.4 is 0 Å². The Hall–Kier alpha value is -2.77. The quantitative estimate of drug-likeness (QED) is 0.538. The lowest BCUT2D eigenvalue weighted by Crippen LogP contribution is -2.45. The van der Waals surface area contributed by atoms with Crippen LogP contribution in [-0.2, 0) is 0 Å². The Morgan fingerprint density at radius 3 is 2.72 bits per heavy atom. The SMILES string of the molecule is CCN1CCCC1CN(CCN(C)C)C(=O)c1cc(-c2ccccc2)nc2onc(C)c12. The molecule has 32 heavy (non-hydrogen) atoms. The van der Waals surface area contributed by atoms with E-state index in [1.54, 1.807) is 0 Å². The van der Waals surface area contributed by atoms with E-state index in [9.17, 15) is 4.79 Å². The first-order chi connectivity index (χ1) is 15.5. The van der Waals surface area contributed by atoms with Crippen molar-refractivity contribution in [3.63, 3.8) is 0 Å². The number of carbonyl (C=O) groups is 1. The summed E-state index contributed by atoms with van der Waals surface area (Å²) in [7, 11) is 4.08. The standard InChI is InChI=1S/C25H33N5O2/c1-5-29-13-9-12-20(29)17-30(15-14-28(3)4)25(31)21-16-22(19-10-7-6-8-11-19)26-24-23(21)18(2)27-32-24/h6-8,10-11,16,20H,5,9,12-15,17H2,1-4H3. The minimum Gasteiger partial charge on any atom is -0.336 e. The number of likely N-dealkylation sites (tertiary alicyclic amines) is 1. The van der Waals surface area contributed by atoms with Gasteiger partial charge in [-0.05, 0) is 53.0 Å². The van der Waals surface area contributed by atoms with Crippen LogP contribution in [0.25, 0.3) is 22.4 Å². The van der Waals surface area contributed by atoms with Crippen molar-refractivity contribution < 1.29 is 9.32 Å². The van der Waals surface area contributed by atoms with Crippen LogP contribution in [0.4, 0.5) is 0 Å². The number of carbonyl (C=O) groups excluding carboxylic acids is 1. The molecule has 0 bridgehead atoms. The summed E-state index contributed by atoms with van der Waals surface area (Å²) in [5, 5.41) is 4.82. The van der Waals surface area contributed by atoms with Gasteiger partial charge in [0.05, 0.1) is 22.3 Å². The van der Waals surface area contributed by atoms with Crippen molar-refractivity contribution in [1.29, 1.82) is 0 Å². The molecule has 0 spiro atoms. The van der Waals surface area contributed by atoms with Gasteiger partial charge in [-0.15, -0.1) is 0 Å². The normalized spacial score (nSPS) is 16.8. The Morgan fingerprint density at radius 1 is 1.22 bits per heavy atom. The van der Waals surface area contributed by atoms with Gasteiger partial charge in [-0.25, -0.2) is 4.98 Å². The summed E-state index contributed by atoms with van der Waals surface area (Å²) in [6.07, 6.45) is 2.32. The van der Waals surface area contributed by atoms with E-state index in [-0.39, 0.29) is 5.91 Å². The number of nitrogens with zero attached hydrogens (tertiary/aromatic N) is 5. The van der Waals surface area contributed by atoms with Crippen LogP contribution in [0, 0.1) is 6.92 Å². The second-order valence-corrected chi connectivity index (χ2v) is 8.85. The van der Waals surface area contributed by atoms with Gasteiger partial charge < -0.3 is 14.3 Å². The predicted octanol–water partition coefficient (Wildman–Crippen LogP) is 3.69. The van der Waals surface area contributed by atoms with Gasteiger partial charge in [-0.1, -0.05) is 42.4 Å². The Morgan fingerprint density at radius 2 is 2.00 bits per heavy atom. The van der Waals surface area contributed by atoms with Gasteiger partial charge in [0.1, 0.15) is 0 Å². The first-order valence-electron chi connectivity index (χ1n) is 11.5. The molecule has 4 rings (SSSR count). The van der Waals surface area contributed by atoms with Gasteiger partial charge in [-0.3, -0.25) is 9.69 Å². The second-order valence-electron chi connectivity index (χ2n) is 8.85. The number of pyridine rings is 1. The lowest BCUT2D eigenvalue weighted by molar-refractivity contribution is 0.0696. The lowest BCUT2D eigenvalue weighted by atomic mass is 10.0. The molecule has 0 N–H and O–H groups in total. The average molecular weight is 436 g/mol. The van der Waals surface area contributed by atoms with Crippen molar-refractivity contribution in [2.24, 2.45) is 0 Å². The molecule has 0 saturated carbocycles. The zero-order valence-corrected chi connectivity index (χ0v) is 19.5. The molecule has 170 valence electrons. The van der Waals surface area contributed by atoms with Crippen LogP contribution in [0.5, 0.6) is 0 Å². The monoisotopic (exact) mass is 435 g/mol. The number of likely N-dealkylation sites (N-methyl/N-ethyl adjacent to an activating group) is 2. The lowest BCUT2D eigenvalue weighted by Gasteiger charge is -2.31. The number of rotatable bonds is 8. The smallest absolute Gasteiger partial charge is 0.259 e. The van der Waals surface area contributed by atoms with E-state index in [0.717, 1.165) is 43.9 Å². The summed E-state index contributed by atoms with van der Waals surface area (Å²) in [6.45, 7) is 8.41. The molecule has 1 saturated heterocycles. The molecular formula is C25H33N5O2. The molecule has 7 heteroatoms. The van der Waals surface area contributed by atoms with Crippen molar-refractivity contribution in [2.45, 2.75) is 32.7 Å². The first kappa shape index (κ1) is 22.4. The maximum Gasteiger partial charge on any atom is 0.259 e. The number of amides is 1. The van der Waals surface area contributed by atoms with Crippen molar-refractivity contribution in [2.75, 3.05) is 46.8 Å². The molecule has 1 fully saturated rings. The number of aryl methyl sites for hydroxylation is 1. The third-order valence-electron chi connectivity index (χ3n) is 6.36. The van der Waals surface area contributed by atoms with Gasteiger partial charge in [0.15, 0.2) is 0 Å². The highest BCUT2D eigenvalue weighted by atomic mass is 16.5. The van der Waals surface area contributed by atoms with Crippen LogP contribution in [0.2, 0.25) is 0 Å². The molecule has 1 aliphatic heterocycles. The number of hydrogen-bond donors (Lipinski definition) is 0. The predicted molar refractivity (Wildman–Crippen MR) is 127 cm³/mol. The Labute approximate surface area is 190 Å². The second kappa shape index (κ2) is 9.79. The molecule has 3 aromatic rings. The Kier molecular flexibility index (Phi) is 6.86. The highest BCUT2D eigenvalue weighted by Crippen LogP contribution is 2.28. The fourth-order valence-corrected chi connectivity index (χ4v) is 4.56. The Balaban J connectivity index is 1.73. The summed E-state index contributed by atoms with van der Waals surface area (Å²) in [6, 6.07) is 12.2. The maximum absolute atomic E-state index is 14.0. The van der Waals surface area contributed by atoms with Crippen molar-refractivity contribution in [1.82, 2.24) is 24.8 Å². The fraction of sp³-hybridized carbons (Fsp3) is 0.480. The molecule has 0 aliphatic carbocycles. The zero-order valence-electron chi connectivity index (χ0n) is 19.5. The number of benzene rings is 1. The topological polar surface area (TPSA) is 65.7 Å². The van der Waals surface area contributed by atoms with E-state index in [2.05, 4.69) is 26.9 Å². The maximum atomic E-state index is 14.0. The van der Waals surface area contributed by atoms with Crippen molar-refractivity contribution in [3.05, 3.63) is 47.7 Å². The van der Waals surface area contributed by atoms with E-state index < -0.39 is 0 Å². The van der Waals surface area contributed by atoms with Crippen molar-refractivity contribution >= 4 is 17.0 Å². The molecule has 1 aromatic carbocycles. The number of hydrogen-bond acceptors (Lipinski definition) is 6. The first-order valence-corrected chi connectivity index (χ1v) is 11.5. The van der Waals surface area contributed by atoms with Crippen LogP contribution in [0.1, 0.15) is 35.8 Å². The van der Waals surface area contributed by atoms with Gasteiger partial charge in [0, 0.05) is 31.2 Å². The molecule has 3 heterocycles. The average Bonchev–Trinajstić information content (AvgIpc) is 3.42. The fourth-order valence-electron chi connectivity index (χ4n) is 4.56. The van der Waals surface area contributed by atoms with Gasteiger partial charge >= 0.3 is 0 Å². The van der Waals surface area contributed by atoms with Crippen LogP contribution in [-0.4, -0.2) is 83.6 Å². The van der Waals surface area contributed by atoms with Crippen LogP contribution in [0.3, 0.4) is 0 Å². The Bertz CT molecular complexity index is 1060. The third kappa shape index (κ3) is 4.69. The van der Waals surface area contributed by atoms with Gasteiger partial charge in [0.25, 0.3) is 11.6 Å². The van der Waals surface area contributed by atoms with Crippen LogP contribution in [0.15, 0.2) is 40.9 Å². The number of fused-ring (bicyclic) bond motifs is 1. The largest absolute Gasteiger partial charge is 0.336 e. The summed E-state index contributed by atoms with van der Waals surface area (Å²) >= 11 is 0. The van der Waals surface area contributed by atoms with Crippen molar-refractivity contribution in [3.8, 4) is 11.3 Å². The minimum absolute atomic E-state index is 0.0192. The molecular weight excluding hydrogens is 402 g/mol. The summed E-state index contributed by atoms with van der Waals surface area (Å²) in [5.41, 5.74) is 3.40. The molecule has 1 amide bonds. The van der Waals surface area contributed by atoms with Gasteiger partial charge in [-0.2, -0.15) is 0 Å². The zero-order chi connectivity index (χ0) is 22.7. The number of aromatic nitrogens is 2. The van der Waals surface area contributed by atoms with E-state index in [4.69, 9.17) is 4.52 Å². The highest BCUT2D eigenvalue weighted by Gasteiger charge is 2.29. The van der Waals surface area contributed by atoms with E-state index >= 15 is 0 Å². The third-order valence-corrected chi connectivity index (χ3v) is 6.36. The van der Waals surface area contributed by atoms with Gasteiger partial charge in [0.2, 0.25) is 0 Å². The molecule has 1 aliphatic rings. The van der Waals surface area contributed by atoms with E-state index in [1.807, 2.05) is 62.3 Å². The van der Waals surface area contributed by atoms with E-state index in [0.29, 0.717) is 34.9 Å².